The minimum atomic E-state index is -3.75. The largest absolute Gasteiger partial charge is 0.341 e. The van der Waals surface area contributed by atoms with Crippen molar-refractivity contribution >= 4 is 27.0 Å². The van der Waals surface area contributed by atoms with Crippen LogP contribution < -0.4 is 5.69 Å². The Labute approximate surface area is 185 Å². The van der Waals surface area contributed by atoms with Gasteiger partial charge in [-0.25, -0.2) is 17.6 Å². The second-order valence-electron chi connectivity index (χ2n) is 7.82. The fourth-order valence-electron chi connectivity index (χ4n) is 4.08. The smallest absolute Gasteiger partial charge is 0.328 e. The number of para-hydroxylation sites is 2. The molecule has 0 saturated carbocycles. The van der Waals surface area contributed by atoms with E-state index in [2.05, 4.69) is 0 Å². The molecule has 0 unspecified atom stereocenters. The molecular formula is C22H25FN4O4S. The molecule has 4 rings (SSSR count). The first-order valence-electron chi connectivity index (χ1n) is 10.5. The topological polar surface area (TPSA) is 84.6 Å². The van der Waals surface area contributed by atoms with Crippen molar-refractivity contribution in [2.24, 2.45) is 7.05 Å². The Balaban J connectivity index is 1.42. The van der Waals surface area contributed by atoms with E-state index in [4.69, 9.17) is 0 Å². The van der Waals surface area contributed by atoms with Gasteiger partial charge in [0.15, 0.2) is 0 Å². The van der Waals surface area contributed by atoms with E-state index in [1.54, 1.807) is 21.1 Å². The maximum absolute atomic E-state index is 13.2. The van der Waals surface area contributed by atoms with E-state index in [0.29, 0.717) is 13.0 Å². The molecule has 2 heterocycles. The fraction of sp³-hybridized carbons (Fsp3) is 0.364. The average molecular weight is 461 g/mol. The van der Waals surface area contributed by atoms with E-state index < -0.39 is 15.8 Å². The van der Waals surface area contributed by atoms with E-state index in [0.717, 1.165) is 23.2 Å². The first kappa shape index (κ1) is 22.2. The summed E-state index contributed by atoms with van der Waals surface area (Å²) < 4.78 is 43.4. The predicted octanol–water partition coefficient (Wildman–Crippen LogP) is 1.79. The van der Waals surface area contributed by atoms with Gasteiger partial charge in [0, 0.05) is 46.2 Å². The number of halogens is 1. The van der Waals surface area contributed by atoms with Gasteiger partial charge < -0.3 is 4.90 Å². The number of sulfonamides is 1. The highest BCUT2D eigenvalue weighted by Crippen LogP contribution is 2.19. The number of fused-ring (bicyclic) bond motifs is 1. The molecule has 1 aliphatic rings. The number of aryl methyl sites for hydroxylation is 2. The molecule has 0 spiro atoms. The van der Waals surface area contributed by atoms with Crippen molar-refractivity contribution in [1.29, 1.82) is 0 Å². The molecule has 1 fully saturated rings. The van der Waals surface area contributed by atoms with Gasteiger partial charge in [0.05, 0.1) is 15.9 Å². The molecule has 170 valence electrons. The number of hydrogen-bond donors (Lipinski definition) is 0. The van der Waals surface area contributed by atoms with Crippen molar-refractivity contribution in [1.82, 2.24) is 18.3 Å². The molecule has 1 aromatic heterocycles. The molecule has 10 heteroatoms. The number of benzene rings is 2. The molecule has 0 bridgehead atoms. The summed E-state index contributed by atoms with van der Waals surface area (Å²) in [5.41, 5.74) is 1.41. The lowest BCUT2D eigenvalue weighted by Crippen LogP contribution is -2.38. The summed E-state index contributed by atoms with van der Waals surface area (Å²) in [6.45, 7) is 1.42. The van der Waals surface area contributed by atoms with Crippen LogP contribution in [0.25, 0.3) is 11.0 Å². The second kappa shape index (κ2) is 8.87. The molecule has 32 heavy (non-hydrogen) atoms. The Kier molecular flexibility index (Phi) is 6.16. The number of carbonyl (C=O) groups excluding carboxylic acids is 1. The minimum absolute atomic E-state index is 0.0361. The lowest BCUT2D eigenvalue weighted by atomic mass is 10.3. The number of rotatable bonds is 5. The Morgan fingerprint density at radius 2 is 1.66 bits per heavy atom. The molecule has 1 aliphatic heterocycles. The summed E-state index contributed by atoms with van der Waals surface area (Å²) in [7, 11) is -2.05. The van der Waals surface area contributed by atoms with Gasteiger partial charge in [-0.2, -0.15) is 4.31 Å². The Morgan fingerprint density at radius 1 is 0.969 bits per heavy atom. The van der Waals surface area contributed by atoms with Crippen LogP contribution in [0, 0.1) is 5.82 Å². The maximum Gasteiger partial charge on any atom is 0.328 e. The van der Waals surface area contributed by atoms with Gasteiger partial charge in [-0.15, -0.1) is 0 Å². The van der Waals surface area contributed by atoms with Crippen LogP contribution in [0.3, 0.4) is 0 Å². The number of aromatic nitrogens is 2. The van der Waals surface area contributed by atoms with E-state index in [1.807, 2.05) is 24.3 Å². The van der Waals surface area contributed by atoms with Crippen LogP contribution >= 0.6 is 0 Å². The standard InChI is InChI=1S/C22H25FN4O4S/c1-24-19-5-2-3-6-20(19)27(22(24)29)14-11-21(28)25-12-4-13-26(16-15-25)32(30,31)18-9-7-17(23)8-10-18/h2-3,5-10H,4,11-16H2,1H3. The van der Waals surface area contributed by atoms with E-state index in [-0.39, 0.29) is 49.1 Å². The zero-order valence-corrected chi connectivity index (χ0v) is 18.6. The third-order valence-electron chi connectivity index (χ3n) is 5.86. The first-order chi connectivity index (χ1) is 15.3. The maximum atomic E-state index is 13.2. The van der Waals surface area contributed by atoms with Crippen LogP contribution in [-0.2, 0) is 28.4 Å². The van der Waals surface area contributed by atoms with Gasteiger partial charge in [0.2, 0.25) is 15.9 Å². The van der Waals surface area contributed by atoms with Gasteiger partial charge in [0.1, 0.15) is 5.82 Å². The SMILES string of the molecule is Cn1c(=O)n(CCC(=O)N2CCCN(S(=O)(=O)c3ccc(F)cc3)CC2)c2ccccc21. The fourth-order valence-corrected chi connectivity index (χ4v) is 5.55. The van der Waals surface area contributed by atoms with Crippen LogP contribution in [0.4, 0.5) is 4.39 Å². The molecule has 8 nitrogen and oxygen atoms in total. The first-order valence-corrected chi connectivity index (χ1v) is 11.9. The normalized spacial score (nSPS) is 15.8. The highest BCUT2D eigenvalue weighted by atomic mass is 32.2. The Bertz CT molecular complexity index is 1300. The summed E-state index contributed by atoms with van der Waals surface area (Å²) in [6.07, 6.45) is 0.652. The molecule has 0 aliphatic carbocycles. The quantitative estimate of drug-likeness (QED) is 0.581. The molecule has 1 amide bonds. The summed E-state index contributed by atoms with van der Waals surface area (Å²) in [5, 5.41) is 0. The van der Waals surface area contributed by atoms with Crippen molar-refractivity contribution in [3.63, 3.8) is 0 Å². The van der Waals surface area contributed by atoms with Gasteiger partial charge in [-0.3, -0.25) is 13.9 Å². The third kappa shape index (κ3) is 4.20. The Morgan fingerprint density at radius 3 is 2.38 bits per heavy atom. The lowest BCUT2D eigenvalue weighted by molar-refractivity contribution is -0.131. The summed E-state index contributed by atoms with van der Waals surface area (Å²) in [4.78, 5) is 27.1. The lowest BCUT2D eigenvalue weighted by Gasteiger charge is -2.22. The van der Waals surface area contributed by atoms with Crippen LogP contribution in [0.2, 0.25) is 0 Å². The van der Waals surface area contributed by atoms with Gasteiger partial charge in [0.25, 0.3) is 0 Å². The summed E-state index contributed by atoms with van der Waals surface area (Å²) >= 11 is 0. The molecule has 1 saturated heterocycles. The van der Waals surface area contributed by atoms with Crippen molar-refractivity contribution < 1.29 is 17.6 Å². The van der Waals surface area contributed by atoms with Crippen molar-refractivity contribution in [2.45, 2.75) is 24.3 Å². The van der Waals surface area contributed by atoms with Gasteiger partial charge >= 0.3 is 5.69 Å². The molecule has 3 aromatic rings. The highest BCUT2D eigenvalue weighted by molar-refractivity contribution is 7.89. The average Bonchev–Trinajstić information content (AvgIpc) is 2.95. The number of imidazole rings is 1. The van der Waals surface area contributed by atoms with E-state index in [9.17, 15) is 22.4 Å². The molecule has 0 atom stereocenters. The van der Waals surface area contributed by atoms with Gasteiger partial charge in [-0.05, 0) is 42.8 Å². The minimum Gasteiger partial charge on any atom is -0.341 e. The third-order valence-corrected chi connectivity index (χ3v) is 7.77. The van der Waals surface area contributed by atoms with Crippen LogP contribution in [0.5, 0.6) is 0 Å². The van der Waals surface area contributed by atoms with Crippen molar-refractivity contribution in [3.8, 4) is 0 Å². The monoisotopic (exact) mass is 460 g/mol. The van der Waals surface area contributed by atoms with E-state index in [1.165, 1.54) is 16.4 Å². The number of nitrogens with zero attached hydrogens (tertiary/aromatic N) is 4. The molecule has 0 radical (unpaired) electrons. The van der Waals surface area contributed by atoms with Crippen LogP contribution in [0.1, 0.15) is 12.8 Å². The number of hydrogen-bond acceptors (Lipinski definition) is 4. The number of amides is 1. The van der Waals surface area contributed by atoms with Crippen molar-refractivity contribution in [2.75, 3.05) is 26.2 Å². The molecular weight excluding hydrogens is 435 g/mol. The second-order valence-corrected chi connectivity index (χ2v) is 9.76. The number of carbonyl (C=O) groups is 1. The molecule has 0 N–H and O–H groups in total. The van der Waals surface area contributed by atoms with E-state index >= 15 is 0 Å². The van der Waals surface area contributed by atoms with Crippen molar-refractivity contribution in [3.05, 3.63) is 64.8 Å². The van der Waals surface area contributed by atoms with Crippen LogP contribution in [-0.4, -0.2) is 58.8 Å². The van der Waals surface area contributed by atoms with Gasteiger partial charge in [-0.1, -0.05) is 12.1 Å². The zero-order valence-electron chi connectivity index (χ0n) is 17.8. The summed E-state index contributed by atoms with van der Waals surface area (Å²) in [5.74, 6) is -0.618. The summed E-state index contributed by atoms with van der Waals surface area (Å²) in [6, 6.07) is 12.2. The zero-order chi connectivity index (χ0) is 22.9. The Hall–Kier alpha value is -2.98. The van der Waals surface area contributed by atoms with Crippen LogP contribution in [0.15, 0.2) is 58.2 Å². The predicted molar refractivity (Wildman–Crippen MR) is 118 cm³/mol. The molecule has 2 aromatic carbocycles. The highest BCUT2D eigenvalue weighted by Gasteiger charge is 2.28.